The Morgan fingerprint density at radius 1 is 1.27 bits per heavy atom. The lowest BCUT2D eigenvalue weighted by atomic mass is 10.1. The summed E-state index contributed by atoms with van der Waals surface area (Å²) in [4.78, 5) is 2.17. The van der Waals surface area contributed by atoms with Crippen LogP contribution in [0.2, 0.25) is 0 Å². The van der Waals surface area contributed by atoms with Gasteiger partial charge in [-0.1, -0.05) is 18.2 Å². The maximum absolute atomic E-state index is 8.79. The van der Waals surface area contributed by atoms with E-state index < -0.39 is 0 Å². The Bertz CT molecular complexity index is 450. The Morgan fingerprint density at radius 3 is 2.59 bits per heavy atom. The number of hydrogen-bond donors (Lipinski definition) is 2. The summed E-state index contributed by atoms with van der Waals surface area (Å²) < 4.78 is 5.80. The molecule has 4 heteroatoms. The van der Waals surface area contributed by atoms with E-state index in [0.29, 0.717) is 6.61 Å². The minimum Gasteiger partial charge on any atom is -0.492 e. The lowest BCUT2D eigenvalue weighted by Gasteiger charge is -2.24. The predicted molar refractivity (Wildman–Crippen MR) is 93.6 cm³/mol. The zero-order chi connectivity index (χ0) is 16.2. The van der Waals surface area contributed by atoms with Crippen LogP contribution >= 0.6 is 0 Å². The summed E-state index contributed by atoms with van der Waals surface area (Å²) in [7, 11) is 0. The van der Waals surface area contributed by atoms with Crippen molar-refractivity contribution in [2.75, 3.05) is 37.7 Å². The van der Waals surface area contributed by atoms with Crippen molar-refractivity contribution in [3.63, 3.8) is 0 Å². The SMILES string of the molecule is C=CCN(CC=C)c1ccc(CNCCCO)cc1OCC. The van der Waals surface area contributed by atoms with Gasteiger partial charge >= 0.3 is 0 Å². The third-order valence-electron chi connectivity index (χ3n) is 3.20. The molecule has 22 heavy (non-hydrogen) atoms. The zero-order valence-electron chi connectivity index (χ0n) is 13.6. The predicted octanol–water partition coefficient (Wildman–Crippen LogP) is 2.74. The van der Waals surface area contributed by atoms with Gasteiger partial charge < -0.3 is 20.1 Å². The summed E-state index contributed by atoms with van der Waals surface area (Å²) in [5.74, 6) is 0.882. The van der Waals surface area contributed by atoms with E-state index in [1.807, 2.05) is 19.1 Å². The maximum atomic E-state index is 8.79. The fourth-order valence-electron chi connectivity index (χ4n) is 2.22. The van der Waals surface area contributed by atoms with Crippen molar-refractivity contribution in [3.05, 3.63) is 49.1 Å². The van der Waals surface area contributed by atoms with Crippen LogP contribution < -0.4 is 15.0 Å². The first kappa shape index (κ1) is 18.3. The fourth-order valence-corrected chi connectivity index (χ4v) is 2.22. The Labute approximate surface area is 134 Å². The standard InChI is InChI=1S/C18H28N2O2/c1-4-11-20(12-5-2)17-9-8-16(14-18(17)22-6-3)15-19-10-7-13-21/h4-5,8-9,14,19,21H,1-2,6-7,10-13,15H2,3H3. The molecule has 0 saturated carbocycles. The van der Waals surface area contributed by atoms with E-state index in [0.717, 1.165) is 44.0 Å². The zero-order valence-corrected chi connectivity index (χ0v) is 13.6. The molecule has 0 amide bonds. The molecule has 4 nitrogen and oxygen atoms in total. The molecular weight excluding hydrogens is 276 g/mol. The Hall–Kier alpha value is -1.78. The largest absolute Gasteiger partial charge is 0.492 e. The van der Waals surface area contributed by atoms with E-state index in [9.17, 15) is 0 Å². The van der Waals surface area contributed by atoms with Gasteiger partial charge in [-0.2, -0.15) is 0 Å². The van der Waals surface area contributed by atoms with Crippen molar-refractivity contribution in [1.82, 2.24) is 5.32 Å². The van der Waals surface area contributed by atoms with E-state index in [1.54, 1.807) is 0 Å². The van der Waals surface area contributed by atoms with Gasteiger partial charge in [0.1, 0.15) is 5.75 Å². The molecule has 0 heterocycles. The molecular formula is C18H28N2O2. The summed E-state index contributed by atoms with van der Waals surface area (Å²) >= 11 is 0. The molecule has 0 bridgehead atoms. The summed E-state index contributed by atoms with van der Waals surface area (Å²) in [6.45, 7) is 13.5. The van der Waals surface area contributed by atoms with Crippen LogP contribution in [-0.2, 0) is 6.54 Å². The molecule has 0 radical (unpaired) electrons. The van der Waals surface area contributed by atoms with Crippen molar-refractivity contribution >= 4 is 5.69 Å². The molecule has 0 aliphatic carbocycles. The van der Waals surface area contributed by atoms with Crippen LogP contribution in [0.1, 0.15) is 18.9 Å². The Balaban J connectivity index is 2.87. The molecule has 0 atom stereocenters. The number of ether oxygens (including phenoxy) is 1. The summed E-state index contributed by atoms with van der Waals surface area (Å²) in [6, 6.07) is 6.26. The first-order valence-corrected chi connectivity index (χ1v) is 7.80. The quantitative estimate of drug-likeness (QED) is 0.460. The molecule has 1 aromatic carbocycles. The normalized spacial score (nSPS) is 10.3. The number of nitrogens with zero attached hydrogens (tertiary/aromatic N) is 1. The van der Waals surface area contributed by atoms with Crippen molar-refractivity contribution in [2.45, 2.75) is 19.9 Å². The fraction of sp³-hybridized carbons (Fsp3) is 0.444. The third kappa shape index (κ3) is 5.92. The van der Waals surface area contributed by atoms with Gasteiger partial charge in [0.15, 0.2) is 0 Å². The number of benzene rings is 1. The van der Waals surface area contributed by atoms with E-state index in [2.05, 4.69) is 41.6 Å². The summed E-state index contributed by atoms with van der Waals surface area (Å²) in [6.07, 6.45) is 4.52. The van der Waals surface area contributed by atoms with E-state index >= 15 is 0 Å². The summed E-state index contributed by atoms with van der Waals surface area (Å²) in [5, 5.41) is 12.1. The van der Waals surface area contributed by atoms with Crippen molar-refractivity contribution in [2.24, 2.45) is 0 Å². The van der Waals surface area contributed by atoms with Gasteiger partial charge in [0.05, 0.1) is 12.3 Å². The van der Waals surface area contributed by atoms with Crippen LogP contribution in [0.3, 0.4) is 0 Å². The van der Waals surface area contributed by atoms with Crippen molar-refractivity contribution in [3.8, 4) is 5.75 Å². The van der Waals surface area contributed by atoms with Gasteiger partial charge in [0, 0.05) is 26.2 Å². The average Bonchev–Trinajstić information content (AvgIpc) is 2.52. The molecule has 0 unspecified atom stereocenters. The highest BCUT2D eigenvalue weighted by molar-refractivity contribution is 5.60. The first-order chi connectivity index (χ1) is 10.8. The second-order valence-electron chi connectivity index (χ2n) is 4.97. The highest BCUT2D eigenvalue weighted by Crippen LogP contribution is 2.29. The minimum absolute atomic E-state index is 0.216. The molecule has 0 spiro atoms. The summed E-state index contributed by atoms with van der Waals surface area (Å²) in [5.41, 5.74) is 2.23. The van der Waals surface area contributed by atoms with Crippen LogP contribution in [0, 0.1) is 0 Å². The molecule has 0 aliphatic heterocycles. The highest BCUT2D eigenvalue weighted by Gasteiger charge is 2.11. The molecule has 2 N–H and O–H groups in total. The third-order valence-corrected chi connectivity index (χ3v) is 3.20. The van der Waals surface area contributed by atoms with Gasteiger partial charge in [-0.25, -0.2) is 0 Å². The number of anilines is 1. The second-order valence-corrected chi connectivity index (χ2v) is 4.97. The van der Waals surface area contributed by atoms with E-state index in [4.69, 9.17) is 9.84 Å². The number of rotatable bonds is 12. The van der Waals surface area contributed by atoms with Crippen molar-refractivity contribution < 1.29 is 9.84 Å². The second kappa shape index (κ2) is 10.9. The van der Waals surface area contributed by atoms with Crippen LogP contribution in [0.15, 0.2) is 43.5 Å². The minimum atomic E-state index is 0.216. The smallest absolute Gasteiger partial charge is 0.142 e. The highest BCUT2D eigenvalue weighted by atomic mass is 16.5. The molecule has 1 aromatic rings. The molecule has 1 rings (SSSR count). The van der Waals surface area contributed by atoms with Crippen LogP contribution in [0.5, 0.6) is 5.75 Å². The van der Waals surface area contributed by atoms with Crippen LogP contribution in [0.25, 0.3) is 0 Å². The Kier molecular flexibility index (Phi) is 9.03. The number of nitrogens with one attached hydrogen (secondary N) is 1. The lowest BCUT2D eigenvalue weighted by Crippen LogP contribution is -2.24. The number of aliphatic hydroxyl groups excluding tert-OH is 1. The van der Waals surface area contributed by atoms with Crippen LogP contribution in [-0.4, -0.2) is 38.0 Å². The maximum Gasteiger partial charge on any atom is 0.142 e. The number of aliphatic hydroxyl groups is 1. The van der Waals surface area contributed by atoms with Gasteiger partial charge in [0.2, 0.25) is 0 Å². The first-order valence-electron chi connectivity index (χ1n) is 7.80. The molecule has 122 valence electrons. The Morgan fingerprint density at radius 2 is 2.00 bits per heavy atom. The topological polar surface area (TPSA) is 44.7 Å². The van der Waals surface area contributed by atoms with Gasteiger partial charge in [0.25, 0.3) is 0 Å². The van der Waals surface area contributed by atoms with E-state index in [-0.39, 0.29) is 6.61 Å². The van der Waals surface area contributed by atoms with Gasteiger partial charge in [-0.3, -0.25) is 0 Å². The monoisotopic (exact) mass is 304 g/mol. The number of hydrogen-bond acceptors (Lipinski definition) is 4. The average molecular weight is 304 g/mol. The van der Waals surface area contributed by atoms with Gasteiger partial charge in [-0.15, -0.1) is 13.2 Å². The molecule has 0 fully saturated rings. The lowest BCUT2D eigenvalue weighted by molar-refractivity contribution is 0.286. The molecule has 0 aromatic heterocycles. The van der Waals surface area contributed by atoms with E-state index in [1.165, 1.54) is 5.56 Å². The molecule has 0 saturated heterocycles. The van der Waals surface area contributed by atoms with Crippen molar-refractivity contribution in [1.29, 1.82) is 0 Å². The van der Waals surface area contributed by atoms with Gasteiger partial charge in [-0.05, 0) is 37.6 Å². The molecule has 0 aliphatic rings. The van der Waals surface area contributed by atoms with Crippen LogP contribution in [0.4, 0.5) is 5.69 Å².